The van der Waals surface area contributed by atoms with Crippen LogP contribution in [-0.2, 0) is 5.41 Å². The van der Waals surface area contributed by atoms with E-state index in [1.807, 2.05) is 0 Å². The van der Waals surface area contributed by atoms with Gasteiger partial charge >= 0.3 is 0 Å². The van der Waals surface area contributed by atoms with Gasteiger partial charge in [-0.05, 0) is 50.8 Å². The summed E-state index contributed by atoms with van der Waals surface area (Å²) in [6, 6.07) is 8.40. The molecule has 0 bridgehead atoms. The topological polar surface area (TPSA) is 35.2 Å². The standard InChI is InChI=1S/C17H29NO/c1-13(2)11-17(6,12-18)14-7-9-15(10-8-14)19-16(3,4)5/h7-10,13H,11-12,18H2,1-6H3. The second kappa shape index (κ2) is 5.96. The quantitative estimate of drug-likeness (QED) is 0.867. The highest BCUT2D eigenvalue weighted by Gasteiger charge is 2.26. The van der Waals surface area contributed by atoms with E-state index >= 15 is 0 Å². The van der Waals surface area contributed by atoms with E-state index in [1.54, 1.807) is 0 Å². The molecule has 1 aromatic carbocycles. The largest absolute Gasteiger partial charge is 0.488 e. The van der Waals surface area contributed by atoms with Crippen LogP contribution in [0.5, 0.6) is 5.75 Å². The SMILES string of the molecule is CC(C)CC(C)(CN)c1ccc(OC(C)(C)C)cc1. The molecule has 1 rings (SSSR count). The van der Waals surface area contributed by atoms with Crippen LogP contribution in [0, 0.1) is 5.92 Å². The molecule has 0 aliphatic heterocycles. The van der Waals surface area contributed by atoms with E-state index < -0.39 is 0 Å². The van der Waals surface area contributed by atoms with Crippen LogP contribution in [-0.4, -0.2) is 12.1 Å². The third kappa shape index (κ3) is 4.87. The molecule has 2 N–H and O–H groups in total. The molecule has 0 spiro atoms. The highest BCUT2D eigenvalue weighted by Crippen LogP contribution is 2.31. The molecule has 108 valence electrons. The van der Waals surface area contributed by atoms with Crippen LogP contribution in [0.15, 0.2) is 24.3 Å². The summed E-state index contributed by atoms with van der Waals surface area (Å²) in [5.41, 5.74) is 7.19. The van der Waals surface area contributed by atoms with Gasteiger partial charge in [0.05, 0.1) is 0 Å². The van der Waals surface area contributed by atoms with Crippen LogP contribution in [0.2, 0.25) is 0 Å². The van der Waals surface area contributed by atoms with Gasteiger partial charge in [0.25, 0.3) is 0 Å². The lowest BCUT2D eigenvalue weighted by Gasteiger charge is -2.31. The first-order chi connectivity index (χ1) is 8.66. The summed E-state index contributed by atoms with van der Waals surface area (Å²) in [5.74, 6) is 1.55. The minimum atomic E-state index is -0.156. The fourth-order valence-corrected chi connectivity index (χ4v) is 2.50. The van der Waals surface area contributed by atoms with Gasteiger partial charge in [-0.3, -0.25) is 0 Å². The van der Waals surface area contributed by atoms with Crippen LogP contribution >= 0.6 is 0 Å². The molecule has 0 heterocycles. The van der Waals surface area contributed by atoms with E-state index in [0.717, 1.165) is 12.2 Å². The Hall–Kier alpha value is -1.02. The van der Waals surface area contributed by atoms with Crippen LogP contribution < -0.4 is 10.5 Å². The smallest absolute Gasteiger partial charge is 0.120 e. The number of benzene rings is 1. The molecule has 2 heteroatoms. The average molecular weight is 263 g/mol. The fourth-order valence-electron chi connectivity index (χ4n) is 2.50. The maximum Gasteiger partial charge on any atom is 0.120 e. The Bertz CT molecular complexity index is 389. The molecule has 1 aromatic rings. The van der Waals surface area contributed by atoms with Crippen LogP contribution in [0.25, 0.3) is 0 Å². The lowest BCUT2D eigenvalue weighted by atomic mass is 9.76. The predicted molar refractivity (Wildman–Crippen MR) is 82.7 cm³/mol. The second-order valence-corrected chi connectivity index (χ2v) is 7.10. The minimum Gasteiger partial charge on any atom is -0.488 e. The molecular formula is C17H29NO. The molecule has 1 unspecified atom stereocenters. The van der Waals surface area contributed by atoms with E-state index in [9.17, 15) is 0 Å². The maximum atomic E-state index is 6.00. The second-order valence-electron chi connectivity index (χ2n) is 7.10. The van der Waals surface area contributed by atoms with Gasteiger partial charge in [0.15, 0.2) is 0 Å². The molecule has 0 aliphatic carbocycles. The summed E-state index contributed by atoms with van der Waals surface area (Å²) in [4.78, 5) is 0. The highest BCUT2D eigenvalue weighted by atomic mass is 16.5. The molecule has 0 aliphatic rings. The van der Waals surface area contributed by atoms with Crippen LogP contribution in [0.3, 0.4) is 0 Å². The minimum absolute atomic E-state index is 0.0500. The summed E-state index contributed by atoms with van der Waals surface area (Å²) in [6.45, 7) is 13.6. The van der Waals surface area contributed by atoms with Gasteiger partial charge in [0.1, 0.15) is 11.4 Å². The number of rotatable bonds is 5. The molecule has 2 nitrogen and oxygen atoms in total. The monoisotopic (exact) mass is 263 g/mol. The summed E-state index contributed by atoms with van der Waals surface area (Å²) in [5, 5.41) is 0. The van der Waals surface area contributed by atoms with Gasteiger partial charge in [-0.2, -0.15) is 0 Å². The summed E-state index contributed by atoms with van der Waals surface area (Å²) in [6.07, 6.45) is 1.10. The number of hydrogen-bond acceptors (Lipinski definition) is 2. The Morgan fingerprint density at radius 2 is 1.58 bits per heavy atom. The van der Waals surface area contributed by atoms with Crippen molar-refractivity contribution in [2.24, 2.45) is 11.7 Å². The first kappa shape index (κ1) is 16.0. The summed E-state index contributed by atoms with van der Waals surface area (Å²) < 4.78 is 5.85. The van der Waals surface area contributed by atoms with Crippen molar-refractivity contribution < 1.29 is 4.74 Å². The highest BCUT2D eigenvalue weighted by molar-refractivity contribution is 5.32. The molecule has 0 saturated carbocycles. The van der Waals surface area contributed by atoms with Gasteiger partial charge in [0.2, 0.25) is 0 Å². The maximum absolute atomic E-state index is 6.00. The number of nitrogens with two attached hydrogens (primary N) is 1. The molecule has 19 heavy (non-hydrogen) atoms. The number of ether oxygens (including phenoxy) is 1. The Labute approximate surface area is 118 Å². The van der Waals surface area contributed by atoms with Gasteiger partial charge < -0.3 is 10.5 Å². The van der Waals surface area contributed by atoms with Gasteiger partial charge in [0, 0.05) is 12.0 Å². The van der Waals surface area contributed by atoms with Gasteiger partial charge in [-0.25, -0.2) is 0 Å². The van der Waals surface area contributed by atoms with Crippen molar-refractivity contribution in [1.29, 1.82) is 0 Å². The molecule has 0 fully saturated rings. The molecule has 0 amide bonds. The van der Waals surface area contributed by atoms with Crippen molar-refractivity contribution >= 4 is 0 Å². The Morgan fingerprint density at radius 3 is 1.95 bits per heavy atom. The van der Waals surface area contributed by atoms with Crippen molar-refractivity contribution in [2.75, 3.05) is 6.54 Å². The molecule has 0 aromatic heterocycles. The zero-order chi connectivity index (χ0) is 14.7. The lowest BCUT2D eigenvalue weighted by molar-refractivity contribution is 0.131. The predicted octanol–water partition coefficient (Wildman–Crippen LogP) is 4.13. The summed E-state index contributed by atoms with van der Waals surface area (Å²) >= 11 is 0. The lowest BCUT2D eigenvalue weighted by Crippen LogP contribution is -2.33. The molecule has 1 atom stereocenters. The zero-order valence-corrected chi connectivity index (χ0v) is 13.3. The third-order valence-electron chi connectivity index (χ3n) is 3.28. The third-order valence-corrected chi connectivity index (χ3v) is 3.28. The fraction of sp³-hybridized carbons (Fsp3) is 0.647. The van der Waals surface area contributed by atoms with E-state index in [0.29, 0.717) is 12.5 Å². The van der Waals surface area contributed by atoms with Crippen molar-refractivity contribution in [3.8, 4) is 5.75 Å². The molecule has 0 saturated heterocycles. The van der Waals surface area contributed by atoms with E-state index in [-0.39, 0.29) is 11.0 Å². The van der Waals surface area contributed by atoms with E-state index in [4.69, 9.17) is 10.5 Å². The Balaban J connectivity index is 2.90. The average Bonchev–Trinajstić information content (AvgIpc) is 2.26. The van der Waals surface area contributed by atoms with E-state index in [1.165, 1.54) is 5.56 Å². The van der Waals surface area contributed by atoms with Crippen LogP contribution in [0.1, 0.15) is 53.5 Å². The van der Waals surface area contributed by atoms with Crippen molar-refractivity contribution in [2.45, 2.75) is 59.0 Å². The van der Waals surface area contributed by atoms with E-state index in [2.05, 4.69) is 65.8 Å². The Kier molecular flexibility index (Phi) is 5.03. The van der Waals surface area contributed by atoms with Gasteiger partial charge in [-0.15, -0.1) is 0 Å². The first-order valence-corrected chi connectivity index (χ1v) is 7.16. The molecular weight excluding hydrogens is 234 g/mol. The Morgan fingerprint density at radius 1 is 1.05 bits per heavy atom. The summed E-state index contributed by atoms with van der Waals surface area (Å²) in [7, 11) is 0. The van der Waals surface area contributed by atoms with Gasteiger partial charge in [-0.1, -0.05) is 32.9 Å². The van der Waals surface area contributed by atoms with Crippen LogP contribution in [0.4, 0.5) is 0 Å². The number of hydrogen-bond donors (Lipinski definition) is 1. The zero-order valence-electron chi connectivity index (χ0n) is 13.3. The first-order valence-electron chi connectivity index (χ1n) is 7.16. The van der Waals surface area contributed by atoms with Crippen molar-refractivity contribution in [1.82, 2.24) is 0 Å². The normalized spacial score (nSPS) is 15.4. The van der Waals surface area contributed by atoms with Crippen molar-refractivity contribution in [3.63, 3.8) is 0 Å². The molecule has 0 radical (unpaired) electrons. The van der Waals surface area contributed by atoms with Crippen molar-refractivity contribution in [3.05, 3.63) is 29.8 Å².